The van der Waals surface area contributed by atoms with Crippen LogP contribution in [-0.2, 0) is 24.0 Å². The van der Waals surface area contributed by atoms with Gasteiger partial charge in [-0.05, 0) is 12.8 Å². The van der Waals surface area contributed by atoms with Crippen LogP contribution in [0, 0.1) is 0 Å². The van der Waals surface area contributed by atoms with Gasteiger partial charge in [0.25, 0.3) is 0 Å². The first kappa shape index (κ1) is 13.9. The molecule has 1 aliphatic rings. The molecule has 1 rings (SSSR count). The summed E-state index contributed by atoms with van der Waals surface area (Å²) in [6, 6.07) is 0. The lowest BCUT2D eigenvalue weighted by molar-refractivity contribution is -0.178. The van der Waals surface area contributed by atoms with Gasteiger partial charge in [0.05, 0.1) is 24.7 Å². The van der Waals surface area contributed by atoms with E-state index in [1.807, 2.05) is 0 Å². The Morgan fingerprint density at radius 3 is 2.56 bits per heavy atom. The first-order valence-corrected chi connectivity index (χ1v) is 7.39. The van der Waals surface area contributed by atoms with Crippen molar-refractivity contribution in [1.29, 1.82) is 0 Å². The molecule has 5 nitrogen and oxygen atoms in total. The van der Waals surface area contributed by atoms with Gasteiger partial charge < -0.3 is 14.2 Å². The Balaban J connectivity index is 2.18. The van der Waals surface area contributed by atoms with E-state index in [1.165, 1.54) is 0 Å². The maximum atomic E-state index is 11.6. The van der Waals surface area contributed by atoms with Gasteiger partial charge in [-0.15, -0.1) is 0 Å². The summed E-state index contributed by atoms with van der Waals surface area (Å²) in [4.78, 5) is 0. The van der Waals surface area contributed by atoms with E-state index in [4.69, 9.17) is 14.2 Å². The highest BCUT2D eigenvalue weighted by molar-refractivity contribution is 7.91. The molecule has 1 fully saturated rings. The average Bonchev–Trinajstić information content (AvgIpc) is 2.28. The summed E-state index contributed by atoms with van der Waals surface area (Å²) < 4.78 is 38.6. The van der Waals surface area contributed by atoms with Crippen molar-refractivity contribution < 1.29 is 22.6 Å². The third kappa shape index (κ3) is 5.79. The maximum absolute atomic E-state index is 11.6. The van der Waals surface area contributed by atoms with E-state index in [0.29, 0.717) is 32.7 Å². The zero-order valence-electron chi connectivity index (χ0n) is 9.68. The number of ether oxygens (including phenoxy) is 3. The van der Waals surface area contributed by atoms with Crippen molar-refractivity contribution in [1.82, 2.24) is 0 Å². The van der Waals surface area contributed by atoms with Crippen molar-refractivity contribution in [2.24, 2.45) is 0 Å². The molecule has 0 aromatic carbocycles. The van der Waals surface area contributed by atoms with E-state index in [1.54, 1.807) is 7.11 Å². The molecule has 0 amide bonds. The van der Waals surface area contributed by atoms with Gasteiger partial charge in [0.15, 0.2) is 16.1 Å². The fourth-order valence-corrected chi connectivity index (χ4v) is 2.82. The topological polar surface area (TPSA) is 61.8 Å². The highest BCUT2D eigenvalue weighted by Gasteiger charge is 2.18. The van der Waals surface area contributed by atoms with Crippen molar-refractivity contribution in [2.75, 3.05) is 38.4 Å². The smallest absolute Gasteiger partial charge is 0.158 e. The molecule has 1 heterocycles. The lowest BCUT2D eigenvalue weighted by atomic mass is 10.4. The van der Waals surface area contributed by atoms with Crippen LogP contribution in [0.5, 0.6) is 0 Å². The Bertz CT molecular complexity index is 269. The fraction of sp³-hybridized carbons (Fsp3) is 1.00. The van der Waals surface area contributed by atoms with Gasteiger partial charge in [0.1, 0.15) is 0 Å². The number of methoxy groups -OCH3 is 1. The van der Waals surface area contributed by atoms with Crippen molar-refractivity contribution in [3.63, 3.8) is 0 Å². The van der Waals surface area contributed by atoms with Gasteiger partial charge in [0, 0.05) is 20.1 Å². The Labute approximate surface area is 97.0 Å². The molecule has 1 saturated heterocycles. The van der Waals surface area contributed by atoms with Crippen LogP contribution >= 0.6 is 0 Å². The first-order chi connectivity index (χ1) is 7.64. The Kier molecular flexibility index (Phi) is 6.26. The third-order valence-electron chi connectivity index (χ3n) is 2.36. The summed E-state index contributed by atoms with van der Waals surface area (Å²) in [6.07, 6.45) is 1.52. The second kappa shape index (κ2) is 7.21. The maximum Gasteiger partial charge on any atom is 0.158 e. The highest BCUT2D eigenvalue weighted by atomic mass is 32.2. The van der Waals surface area contributed by atoms with Crippen molar-refractivity contribution in [2.45, 2.75) is 25.6 Å². The summed E-state index contributed by atoms with van der Waals surface area (Å²) in [6.45, 7) is 1.80. The van der Waals surface area contributed by atoms with E-state index in [0.717, 1.165) is 6.42 Å². The third-order valence-corrected chi connectivity index (χ3v) is 4.13. The number of hydrogen-bond acceptors (Lipinski definition) is 5. The zero-order chi connectivity index (χ0) is 11.9. The van der Waals surface area contributed by atoms with Gasteiger partial charge in [-0.1, -0.05) is 0 Å². The van der Waals surface area contributed by atoms with Gasteiger partial charge >= 0.3 is 0 Å². The summed E-state index contributed by atoms with van der Waals surface area (Å²) in [5, 5.41) is 0. The second-order valence-electron chi connectivity index (χ2n) is 3.81. The van der Waals surface area contributed by atoms with E-state index in [9.17, 15) is 8.42 Å². The van der Waals surface area contributed by atoms with Crippen LogP contribution in [-0.4, -0.2) is 53.1 Å². The largest absolute Gasteiger partial charge is 0.385 e. The van der Waals surface area contributed by atoms with E-state index in [2.05, 4.69) is 0 Å². The first-order valence-electron chi connectivity index (χ1n) is 5.56. The van der Waals surface area contributed by atoms with Gasteiger partial charge in [-0.2, -0.15) is 0 Å². The Hall–Kier alpha value is -0.170. The van der Waals surface area contributed by atoms with Gasteiger partial charge in [0.2, 0.25) is 0 Å². The molecule has 0 atom stereocenters. The molecule has 0 saturated carbocycles. The van der Waals surface area contributed by atoms with E-state index < -0.39 is 9.84 Å². The highest BCUT2D eigenvalue weighted by Crippen LogP contribution is 2.10. The molecule has 0 radical (unpaired) electrons. The second-order valence-corrected chi connectivity index (χ2v) is 6.12. The molecule has 16 heavy (non-hydrogen) atoms. The lowest BCUT2D eigenvalue weighted by Crippen LogP contribution is -2.27. The molecular formula is C10H20O5S. The van der Waals surface area contributed by atoms with Crippen LogP contribution in [0.4, 0.5) is 0 Å². The Morgan fingerprint density at radius 1 is 1.25 bits per heavy atom. The minimum atomic E-state index is -2.99. The molecule has 0 aliphatic carbocycles. The van der Waals surface area contributed by atoms with Crippen LogP contribution in [0.3, 0.4) is 0 Å². The quantitative estimate of drug-likeness (QED) is 0.621. The van der Waals surface area contributed by atoms with Crippen LogP contribution in [0.1, 0.15) is 19.3 Å². The molecule has 0 aromatic heterocycles. The monoisotopic (exact) mass is 252 g/mol. The molecule has 1 aliphatic heterocycles. The van der Waals surface area contributed by atoms with Crippen molar-refractivity contribution >= 4 is 9.84 Å². The molecule has 0 aromatic rings. The molecule has 0 unspecified atom stereocenters. The van der Waals surface area contributed by atoms with Crippen molar-refractivity contribution in [3.8, 4) is 0 Å². The summed E-state index contributed by atoms with van der Waals surface area (Å²) in [7, 11) is -1.43. The molecule has 0 N–H and O–H groups in total. The number of rotatable bonds is 7. The fourth-order valence-electron chi connectivity index (χ4n) is 1.50. The normalized spacial score (nSPS) is 18.8. The standard InChI is InChI=1S/C10H20O5S/c1-13-5-3-8-16(11,12)9-4-10-14-6-2-7-15-10/h10H,2-9H2,1H3. The zero-order valence-corrected chi connectivity index (χ0v) is 10.5. The van der Waals surface area contributed by atoms with Crippen LogP contribution in [0.25, 0.3) is 0 Å². The minimum Gasteiger partial charge on any atom is -0.385 e. The summed E-state index contributed by atoms with van der Waals surface area (Å²) in [5.74, 6) is 0.301. The van der Waals surface area contributed by atoms with E-state index in [-0.39, 0.29) is 17.8 Å². The van der Waals surface area contributed by atoms with Crippen LogP contribution in [0.15, 0.2) is 0 Å². The predicted octanol–water partition coefficient (Wildman–Crippen LogP) is 0.591. The molecule has 96 valence electrons. The Morgan fingerprint density at radius 2 is 1.94 bits per heavy atom. The molecule has 0 spiro atoms. The van der Waals surface area contributed by atoms with E-state index >= 15 is 0 Å². The van der Waals surface area contributed by atoms with Crippen molar-refractivity contribution in [3.05, 3.63) is 0 Å². The number of sulfone groups is 1. The van der Waals surface area contributed by atoms with Gasteiger partial charge in [-0.25, -0.2) is 8.42 Å². The van der Waals surface area contributed by atoms with Crippen LogP contribution in [0.2, 0.25) is 0 Å². The summed E-state index contributed by atoms with van der Waals surface area (Å²) in [5.41, 5.74) is 0. The summed E-state index contributed by atoms with van der Waals surface area (Å²) >= 11 is 0. The molecule has 6 heteroatoms. The minimum absolute atomic E-state index is 0.126. The van der Waals surface area contributed by atoms with Crippen LogP contribution < -0.4 is 0 Å². The van der Waals surface area contributed by atoms with Gasteiger partial charge in [-0.3, -0.25) is 0 Å². The lowest BCUT2D eigenvalue weighted by Gasteiger charge is -2.22. The number of hydrogen-bond donors (Lipinski definition) is 0. The average molecular weight is 252 g/mol. The SMILES string of the molecule is COCCCS(=O)(=O)CCC1OCCCO1. The molecule has 0 bridgehead atoms. The molecular weight excluding hydrogens is 232 g/mol. The predicted molar refractivity (Wildman–Crippen MR) is 60.1 cm³/mol.